The van der Waals surface area contributed by atoms with E-state index in [1.165, 1.54) is 148 Å². The lowest BCUT2D eigenvalue weighted by atomic mass is 10.0. The fourth-order valence-electron chi connectivity index (χ4n) is 4.89. The van der Waals surface area contributed by atoms with Crippen molar-refractivity contribution in [3.05, 3.63) is 0 Å². The van der Waals surface area contributed by atoms with Crippen molar-refractivity contribution < 1.29 is 9.59 Å². The van der Waals surface area contributed by atoms with Crippen LogP contribution in [0.5, 0.6) is 0 Å². The minimum Gasteiger partial charge on any atom is -0.296 e. The SMILES string of the molecule is CCC.CCCCCCCCCCCCCCCC(=O)NC(=O)CCCCCCCCCCCCCCC. The average Bonchev–Trinajstić information content (AvgIpc) is 2.90. The second-order valence-electron chi connectivity index (χ2n) is 11.7. The molecule has 0 aliphatic carbocycles. The van der Waals surface area contributed by atoms with Gasteiger partial charge in [0.1, 0.15) is 0 Å². The molecule has 0 unspecified atom stereocenters. The van der Waals surface area contributed by atoms with E-state index in [4.69, 9.17) is 0 Å². The van der Waals surface area contributed by atoms with Gasteiger partial charge in [0, 0.05) is 12.8 Å². The molecule has 0 saturated carbocycles. The predicted octanol–water partition coefficient (Wildman–Crippen LogP) is 12.0. The Morgan fingerprint density at radius 2 is 0.526 bits per heavy atom. The molecule has 38 heavy (non-hydrogen) atoms. The number of hydrogen-bond acceptors (Lipinski definition) is 2. The number of imide groups is 1. The first-order valence-corrected chi connectivity index (χ1v) is 17.4. The van der Waals surface area contributed by atoms with Crippen LogP contribution in [0.25, 0.3) is 0 Å². The highest BCUT2D eigenvalue weighted by atomic mass is 16.2. The van der Waals surface area contributed by atoms with Gasteiger partial charge in [-0.2, -0.15) is 0 Å². The summed E-state index contributed by atoms with van der Waals surface area (Å²) in [6.45, 7) is 8.79. The first kappa shape index (κ1) is 39.3. The van der Waals surface area contributed by atoms with Crippen molar-refractivity contribution in [2.75, 3.05) is 0 Å². The zero-order valence-corrected chi connectivity index (χ0v) is 26.8. The fourth-order valence-corrected chi connectivity index (χ4v) is 4.89. The van der Waals surface area contributed by atoms with Crippen molar-refractivity contribution in [3.63, 3.8) is 0 Å². The van der Waals surface area contributed by atoms with Crippen molar-refractivity contribution in [1.29, 1.82) is 0 Å². The molecule has 0 spiro atoms. The molecule has 0 aromatic rings. The van der Waals surface area contributed by atoms with Crippen LogP contribution in [-0.2, 0) is 9.59 Å². The predicted molar refractivity (Wildman–Crippen MR) is 170 cm³/mol. The van der Waals surface area contributed by atoms with Crippen LogP contribution in [0, 0.1) is 0 Å². The van der Waals surface area contributed by atoms with Crippen LogP contribution in [0.2, 0.25) is 0 Å². The van der Waals surface area contributed by atoms with Crippen molar-refractivity contribution in [3.8, 4) is 0 Å². The minimum absolute atomic E-state index is 0.0761. The Hall–Kier alpha value is -0.860. The lowest BCUT2D eigenvalue weighted by Crippen LogP contribution is -2.29. The van der Waals surface area contributed by atoms with Gasteiger partial charge in [-0.25, -0.2) is 0 Å². The molecule has 0 rings (SSSR count). The second-order valence-corrected chi connectivity index (χ2v) is 11.7. The Balaban J connectivity index is 0. The summed E-state index contributed by atoms with van der Waals surface area (Å²) in [5.74, 6) is -0.152. The number of carbonyl (C=O) groups excluding carboxylic acids is 2. The average molecular weight is 538 g/mol. The van der Waals surface area contributed by atoms with Gasteiger partial charge in [0.15, 0.2) is 0 Å². The van der Waals surface area contributed by atoms with Gasteiger partial charge in [-0.05, 0) is 12.8 Å². The molecule has 0 fully saturated rings. The molecule has 0 aromatic heterocycles. The number of amides is 2. The largest absolute Gasteiger partial charge is 0.296 e. The van der Waals surface area contributed by atoms with Crippen LogP contribution in [0.1, 0.15) is 214 Å². The van der Waals surface area contributed by atoms with Gasteiger partial charge in [-0.15, -0.1) is 0 Å². The highest BCUT2D eigenvalue weighted by molar-refractivity contribution is 5.95. The van der Waals surface area contributed by atoms with Crippen molar-refractivity contribution in [2.45, 2.75) is 214 Å². The molecule has 0 bridgehead atoms. The maximum Gasteiger partial charge on any atom is 0.226 e. The zero-order valence-electron chi connectivity index (χ0n) is 26.8. The minimum atomic E-state index is -0.0761. The highest BCUT2D eigenvalue weighted by Gasteiger charge is 2.07. The van der Waals surface area contributed by atoms with Crippen molar-refractivity contribution >= 4 is 11.8 Å². The standard InChI is InChI=1S/C32H63NO2.C3H8/c1-3-5-7-9-11-13-15-17-19-21-23-25-27-29-31(34)33-32(35)30-28-26-24-22-20-18-16-14-12-10-8-6-4-2;1-3-2/h3-30H2,1-2H3,(H,33,34,35);3H2,1-2H3. The van der Waals surface area contributed by atoms with Crippen LogP contribution >= 0.6 is 0 Å². The number of carbonyl (C=O) groups is 2. The van der Waals surface area contributed by atoms with Crippen LogP contribution in [-0.4, -0.2) is 11.8 Å². The molecule has 2 amide bonds. The molecular formula is C35H71NO2. The third-order valence-electron chi connectivity index (χ3n) is 7.29. The summed E-state index contributed by atoms with van der Waals surface area (Å²) < 4.78 is 0. The van der Waals surface area contributed by atoms with E-state index in [1.807, 2.05) is 0 Å². The first-order chi connectivity index (χ1) is 18.6. The summed E-state index contributed by atoms with van der Waals surface area (Å²) in [4.78, 5) is 23.9. The van der Waals surface area contributed by atoms with E-state index in [-0.39, 0.29) is 11.8 Å². The molecule has 0 aliphatic rings. The van der Waals surface area contributed by atoms with E-state index in [9.17, 15) is 9.59 Å². The van der Waals surface area contributed by atoms with E-state index < -0.39 is 0 Å². The van der Waals surface area contributed by atoms with Crippen LogP contribution in [0.4, 0.5) is 0 Å². The summed E-state index contributed by atoms with van der Waals surface area (Å²) in [6, 6.07) is 0. The monoisotopic (exact) mass is 538 g/mol. The normalized spacial score (nSPS) is 10.7. The van der Waals surface area contributed by atoms with Gasteiger partial charge in [0.25, 0.3) is 0 Å². The van der Waals surface area contributed by atoms with E-state index in [2.05, 4.69) is 33.0 Å². The van der Waals surface area contributed by atoms with E-state index in [0.29, 0.717) is 12.8 Å². The van der Waals surface area contributed by atoms with Crippen LogP contribution in [0.15, 0.2) is 0 Å². The van der Waals surface area contributed by atoms with Crippen molar-refractivity contribution in [2.24, 2.45) is 0 Å². The zero-order chi connectivity index (χ0) is 28.4. The Bertz CT molecular complexity index is 423. The molecule has 0 saturated heterocycles. The highest BCUT2D eigenvalue weighted by Crippen LogP contribution is 2.14. The third-order valence-corrected chi connectivity index (χ3v) is 7.29. The molecule has 0 atom stereocenters. The summed E-state index contributed by atoms with van der Waals surface area (Å²) in [5.41, 5.74) is 0. The molecule has 0 aliphatic heterocycles. The molecule has 1 N–H and O–H groups in total. The molecule has 228 valence electrons. The molecule has 0 aromatic carbocycles. The third kappa shape index (κ3) is 37.3. The Kier molecular flexibility index (Phi) is 37.4. The molecule has 3 nitrogen and oxygen atoms in total. The quantitative estimate of drug-likeness (QED) is 0.101. The Morgan fingerprint density at radius 3 is 0.737 bits per heavy atom. The lowest BCUT2D eigenvalue weighted by molar-refractivity contribution is -0.130. The van der Waals surface area contributed by atoms with Gasteiger partial charge < -0.3 is 0 Å². The van der Waals surface area contributed by atoms with E-state index in [0.717, 1.165) is 25.7 Å². The fraction of sp³-hybridized carbons (Fsp3) is 0.943. The van der Waals surface area contributed by atoms with Crippen LogP contribution < -0.4 is 5.32 Å². The second kappa shape index (κ2) is 36.1. The smallest absolute Gasteiger partial charge is 0.226 e. The van der Waals surface area contributed by atoms with Gasteiger partial charge in [0.05, 0.1) is 0 Å². The maximum atomic E-state index is 12.0. The molecule has 0 heterocycles. The summed E-state index contributed by atoms with van der Waals surface area (Å²) in [5, 5.41) is 2.59. The number of unbranched alkanes of at least 4 members (excludes halogenated alkanes) is 24. The van der Waals surface area contributed by atoms with E-state index >= 15 is 0 Å². The van der Waals surface area contributed by atoms with Crippen molar-refractivity contribution in [1.82, 2.24) is 5.32 Å². The number of hydrogen-bond donors (Lipinski definition) is 1. The lowest BCUT2D eigenvalue weighted by Gasteiger charge is -2.05. The molecular weight excluding hydrogens is 466 g/mol. The molecule has 0 radical (unpaired) electrons. The van der Waals surface area contributed by atoms with Gasteiger partial charge >= 0.3 is 0 Å². The molecule has 3 heteroatoms. The van der Waals surface area contributed by atoms with Gasteiger partial charge in [0.2, 0.25) is 11.8 Å². The number of nitrogens with one attached hydrogen (secondary N) is 1. The number of rotatable bonds is 28. The topological polar surface area (TPSA) is 46.2 Å². The first-order valence-electron chi connectivity index (χ1n) is 17.4. The maximum absolute atomic E-state index is 12.0. The Morgan fingerprint density at radius 1 is 0.342 bits per heavy atom. The summed E-state index contributed by atoms with van der Waals surface area (Å²) in [6.07, 6.45) is 36.2. The van der Waals surface area contributed by atoms with E-state index in [1.54, 1.807) is 0 Å². The summed E-state index contributed by atoms with van der Waals surface area (Å²) >= 11 is 0. The van der Waals surface area contributed by atoms with Crippen LogP contribution in [0.3, 0.4) is 0 Å². The Labute approximate surface area is 240 Å². The van der Waals surface area contributed by atoms with Gasteiger partial charge in [-0.3, -0.25) is 14.9 Å². The van der Waals surface area contributed by atoms with Gasteiger partial charge in [-0.1, -0.05) is 188 Å². The summed E-state index contributed by atoms with van der Waals surface area (Å²) in [7, 11) is 0.